The van der Waals surface area contributed by atoms with Gasteiger partial charge in [-0.1, -0.05) is 42.5 Å². The van der Waals surface area contributed by atoms with Gasteiger partial charge in [0.15, 0.2) is 0 Å². The Morgan fingerprint density at radius 2 is 1.65 bits per heavy atom. The van der Waals surface area contributed by atoms with E-state index in [0.29, 0.717) is 0 Å². The van der Waals surface area contributed by atoms with E-state index in [1.807, 2.05) is 18.2 Å². The molecule has 104 valence electrons. The highest BCUT2D eigenvalue weighted by molar-refractivity contribution is 5.32. The molecule has 2 aromatic rings. The van der Waals surface area contributed by atoms with Crippen LogP contribution >= 0.6 is 0 Å². The molecule has 0 fully saturated rings. The molecule has 4 nitrogen and oxygen atoms in total. The minimum absolute atomic E-state index is 0.104. The zero-order valence-electron chi connectivity index (χ0n) is 11.2. The average Bonchev–Trinajstić information content (AvgIpc) is 2.46. The van der Waals surface area contributed by atoms with Crippen LogP contribution in [0.1, 0.15) is 17.5 Å². The van der Waals surface area contributed by atoms with Gasteiger partial charge in [0.2, 0.25) is 0 Å². The Morgan fingerprint density at radius 1 is 1.00 bits per heavy atom. The Labute approximate surface area is 118 Å². The first-order chi connectivity index (χ1) is 9.65. The van der Waals surface area contributed by atoms with E-state index in [1.165, 1.54) is 17.7 Å². The van der Waals surface area contributed by atoms with E-state index in [1.54, 1.807) is 12.1 Å². The summed E-state index contributed by atoms with van der Waals surface area (Å²) in [6.45, 7) is 0. The fraction of sp³-hybridized carbons (Fsp3) is 0.250. The lowest BCUT2D eigenvalue weighted by Crippen LogP contribution is -2.23. The summed E-state index contributed by atoms with van der Waals surface area (Å²) in [5, 5.41) is 10.6. The monoisotopic (exact) mass is 270 g/mol. The first kappa shape index (κ1) is 14.2. The van der Waals surface area contributed by atoms with Crippen molar-refractivity contribution in [3.8, 4) is 0 Å². The number of nitro benzene ring substituents is 1. The quantitative estimate of drug-likeness (QED) is 0.647. The minimum Gasteiger partial charge on any atom is -0.327 e. The van der Waals surface area contributed by atoms with Crippen molar-refractivity contribution in [1.82, 2.24) is 0 Å². The Morgan fingerprint density at radius 3 is 2.25 bits per heavy atom. The zero-order valence-corrected chi connectivity index (χ0v) is 11.2. The van der Waals surface area contributed by atoms with Crippen molar-refractivity contribution >= 4 is 5.69 Å². The highest BCUT2D eigenvalue weighted by Crippen LogP contribution is 2.14. The molecule has 20 heavy (non-hydrogen) atoms. The Bertz CT molecular complexity index is 552. The molecule has 0 bridgehead atoms. The highest BCUT2D eigenvalue weighted by atomic mass is 16.6. The molecule has 0 saturated heterocycles. The second-order valence-electron chi connectivity index (χ2n) is 4.91. The van der Waals surface area contributed by atoms with E-state index < -0.39 is 0 Å². The van der Waals surface area contributed by atoms with Gasteiger partial charge in [0.05, 0.1) is 4.92 Å². The maximum Gasteiger partial charge on any atom is 0.269 e. The van der Waals surface area contributed by atoms with Crippen LogP contribution in [0.2, 0.25) is 0 Å². The van der Waals surface area contributed by atoms with Crippen LogP contribution in [0.3, 0.4) is 0 Å². The largest absolute Gasteiger partial charge is 0.327 e. The van der Waals surface area contributed by atoms with Gasteiger partial charge in [0, 0.05) is 18.2 Å². The van der Waals surface area contributed by atoms with Crippen LogP contribution < -0.4 is 5.73 Å². The van der Waals surface area contributed by atoms with Gasteiger partial charge in [-0.05, 0) is 30.4 Å². The average molecular weight is 270 g/mol. The molecule has 0 aromatic heterocycles. The summed E-state index contributed by atoms with van der Waals surface area (Å²) >= 11 is 0. The molecule has 0 heterocycles. The van der Waals surface area contributed by atoms with Gasteiger partial charge < -0.3 is 5.73 Å². The smallest absolute Gasteiger partial charge is 0.269 e. The fourth-order valence-corrected chi connectivity index (χ4v) is 2.16. The summed E-state index contributed by atoms with van der Waals surface area (Å²) in [4.78, 5) is 10.2. The van der Waals surface area contributed by atoms with Gasteiger partial charge in [-0.3, -0.25) is 10.1 Å². The van der Waals surface area contributed by atoms with E-state index in [9.17, 15) is 10.1 Å². The first-order valence-electron chi connectivity index (χ1n) is 6.68. The lowest BCUT2D eigenvalue weighted by Gasteiger charge is -2.11. The minimum atomic E-state index is -0.384. The summed E-state index contributed by atoms with van der Waals surface area (Å²) < 4.78 is 0. The molecular weight excluding hydrogens is 252 g/mol. The summed E-state index contributed by atoms with van der Waals surface area (Å²) in [5.74, 6) is 0. The maximum atomic E-state index is 10.6. The third-order valence-electron chi connectivity index (χ3n) is 3.29. The van der Waals surface area contributed by atoms with Crippen LogP contribution in [-0.4, -0.2) is 11.0 Å². The van der Waals surface area contributed by atoms with Crippen molar-refractivity contribution in [1.29, 1.82) is 0 Å². The normalized spacial score (nSPS) is 12.1. The predicted octanol–water partition coefficient (Wildman–Crippen LogP) is 3.10. The first-order valence-corrected chi connectivity index (χ1v) is 6.68. The molecule has 2 rings (SSSR count). The maximum absolute atomic E-state index is 10.6. The van der Waals surface area contributed by atoms with Gasteiger partial charge in [0.1, 0.15) is 0 Å². The van der Waals surface area contributed by atoms with Crippen LogP contribution in [0.25, 0.3) is 0 Å². The van der Waals surface area contributed by atoms with E-state index in [0.717, 1.165) is 24.8 Å². The summed E-state index contributed by atoms with van der Waals surface area (Å²) in [7, 11) is 0. The third-order valence-corrected chi connectivity index (χ3v) is 3.29. The SMILES string of the molecule is NC(CCc1ccc([N+](=O)[O-])cc1)Cc1ccccc1. The molecule has 1 atom stereocenters. The lowest BCUT2D eigenvalue weighted by atomic mass is 10.00. The molecule has 0 aliphatic carbocycles. The van der Waals surface area contributed by atoms with Crippen molar-refractivity contribution in [2.75, 3.05) is 0 Å². The molecule has 0 aliphatic heterocycles. The van der Waals surface area contributed by atoms with Crippen LogP contribution in [-0.2, 0) is 12.8 Å². The van der Waals surface area contributed by atoms with Crippen LogP contribution in [0.15, 0.2) is 54.6 Å². The summed E-state index contributed by atoms with van der Waals surface area (Å²) in [6, 6.07) is 16.9. The molecule has 0 aliphatic rings. The Hall–Kier alpha value is -2.20. The molecule has 0 saturated carbocycles. The van der Waals surface area contributed by atoms with Crippen LogP contribution in [0, 0.1) is 10.1 Å². The van der Waals surface area contributed by atoms with E-state index in [-0.39, 0.29) is 16.7 Å². The molecule has 2 N–H and O–H groups in total. The standard InChI is InChI=1S/C16H18N2O2/c17-15(12-14-4-2-1-3-5-14)9-6-13-7-10-16(11-8-13)18(19)20/h1-5,7-8,10-11,15H,6,9,12,17H2. The van der Waals surface area contributed by atoms with Crippen molar-refractivity contribution in [2.24, 2.45) is 5.73 Å². The molecule has 1 unspecified atom stereocenters. The summed E-state index contributed by atoms with van der Waals surface area (Å²) in [5.41, 5.74) is 8.57. The number of rotatable bonds is 6. The second-order valence-corrected chi connectivity index (χ2v) is 4.91. The Balaban J connectivity index is 1.84. The number of nitrogens with zero attached hydrogens (tertiary/aromatic N) is 1. The van der Waals surface area contributed by atoms with Gasteiger partial charge in [-0.15, -0.1) is 0 Å². The van der Waals surface area contributed by atoms with Crippen LogP contribution in [0.5, 0.6) is 0 Å². The number of hydrogen-bond acceptors (Lipinski definition) is 3. The highest BCUT2D eigenvalue weighted by Gasteiger charge is 2.07. The van der Waals surface area contributed by atoms with Gasteiger partial charge in [0.25, 0.3) is 5.69 Å². The van der Waals surface area contributed by atoms with Crippen molar-refractivity contribution in [2.45, 2.75) is 25.3 Å². The molecule has 0 amide bonds. The summed E-state index contributed by atoms with van der Waals surface area (Å²) in [6.07, 6.45) is 2.56. The fourth-order valence-electron chi connectivity index (χ4n) is 2.16. The van der Waals surface area contributed by atoms with Gasteiger partial charge in [-0.25, -0.2) is 0 Å². The van der Waals surface area contributed by atoms with E-state index >= 15 is 0 Å². The topological polar surface area (TPSA) is 69.2 Å². The number of non-ortho nitro benzene ring substituents is 1. The molecule has 2 aromatic carbocycles. The number of nitrogens with two attached hydrogens (primary N) is 1. The molecule has 0 spiro atoms. The number of hydrogen-bond donors (Lipinski definition) is 1. The second kappa shape index (κ2) is 6.82. The van der Waals surface area contributed by atoms with E-state index in [2.05, 4.69) is 12.1 Å². The van der Waals surface area contributed by atoms with E-state index in [4.69, 9.17) is 5.73 Å². The number of aryl methyl sites for hydroxylation is 1. The van der Waals surface area contributed by atoms with Crippen molar-refractivity contribution in [3.63, 3.8) is 0 Å². The number of benzene rings is 2. The number of nitro groups is 1. The lowest BCUT2D eigenvalue weighted by molar-refractivity contribution is -0.384. The van der Waals surface area contributed by atoms with Crippen LogP contribution in [0.4, 0.5) is 5.69 Å². The predicted molar refractivity (Wildman–Crippen MR) is 79.5 cm³/mol. The molecular formula is C16H18N2O2. The molecule has 0 radical (unpaired) electrons. The van der Waals surface area contributed by atoms with Crippen molar-refractivity contribution in [3.05, 3.63) is 75.8 Å². The van der Waals surface area contributed by atoms with Crippen molar-refractivity contribution < 1.29 is 4.92 Å². The molecule has 4 heteroatoms. The van der Waals surface area contributed by atoms with Gasteiger partial charge in [-0.2, -0.15) is 0 Å². The zero-order chi connectivity index (χ0) is 14.4. The Kier molecular flexibility index (Phi) is 4.85. The van der Waals surface area contributed by atoms with Gasteiger partial charge >= 0.3 is 0 Å². The third kappa shape index (κ3) is 4.17.